The number of amides is 1. The number of carboxylic acid groups (broad SMARTS) is 1. The summed E-state index contributed by atoms with van der Waals surface area (Å²) in [6, 6.07) is -0.475. The van der Waals surface area contributed by atoms with Crippen molar-refractivity contribution in [3.05, 3.63) is 35.1 Å². The maximum Gasteiger partial charge on any atom is 0.408 e. The molecule has 0 unspecified atom stereocenters. The average molecular weight is 349 g/mol. The topological polar surface area (TPSA) is 84.9 Å². The molecule has 9 heteroatoms. The van der Waals surface area contributed by atoms with Crippen LogP contribution >= 0.6 is 0 Å². The van der Waals surface area contributed by atoms with E-state index in [9.17, 15) is 22.8 Å². The molecule has 24 heavy (non-hydrogen) atoms. The van der Waals surface area contributed by atoms with E-state index in [0.29, 0.717) is 12.1 Å². The maximum absolute atomic E-state index is 13.4. The van der Waals surface area contributed by atoms with Crippen LogP contribution in [0.4, 0.5) is 18.0 Å². The van der Waals surface area contributed by atoms with Crippen molar-refractivity contribution in [3.8, 4) is 0 Å². The zero-order valence-corrected chi connectivity index (χ0v) is 13.4. The molecular weight excluding hydrogens is 331 g/mol. The Morgan fingerprint density at radius 3 is 2.29 bits per heavy atom. The molecule has 6 nitrogen and oxygen atoms in total. The van der Waals surface area contributed by atoms with E-state index in [1.54, 1.807) is 20.8 Å². The fraction of sp³-hybridized carbons (Fsp3) is 0.467. The smallest absolute Gasteiger partial charge is 0.408 e. The van der Waals surface area contributed by atoms with Gasteiger partial charge in [0.1, 0.15) is 11.4 Å². The van der Waals surface area contributed by atoms with Gasteiger partial charge in [-0.25, -0.2) is 22.8 Å². The summed E-state index contributed by atoms with van der Waals surface area (Å²) in [5, 5.41) is 11.1. The van der Waals surface area contributed by atoms with Gasteiger partial charge in [-0.05, 0) is 26.8 Å². The number of hydrogen-bond acceptors (Lipinski definition) is 4. The molecule has 0 saturated carbocycles. The predicted molar refractivity (Wildman–Crippen MR) is 76.8 cm³/mol. The minimum atomic E-state index is -1.45. The third-order valence-corrected chi connectivity index (χ3v) is 2.62. The van der Waals surface area contributed by atoms with Gasteiger partial charge in [0.25, 0.3) is 0 Å². The van der Waals surface area contributed by atoms with Gasteiger partial charge in [0.15, 0.2) is 17.7 Å². The van der Waals surface area contributed by atoms with E-state index in [-0.39, 0.29) is 5.56 Å². The molecule has 0 aliphatic heterocycles. The van der Waals surface area contributed by atoms with Crippen molar-refractivity contribution in [2.75, 3.05) is 6.61 Å². The lowest BCUT2D eigenvalue weighted by Crippen LogP contribution is -2.46. The fourth-order valence-corrected chi connectivity index (χ4v) is 1.59. The molecule has 0 fully saturated rings. The van der Waals surface area contributed by atoms with Crippen LogP contribution in [-0.4, -0.2) is 35.4 Å². The number of hydrogen-bond donors (Lipinski definition) is 2. The fourth-order valence-electron chi connectivity index (χ4n) is 1.59. The molecule has 0 aliphatic carbocycles. The first-order valence-corrected chi connectivity index (χ1v) is 6.93. The lowest BCUT2D eigenvalue weighted by atomic mass is 10.2. The van der Waals surface area contributed by atoms with Crippen LogP contribution in [0.15, 0.2) is 12.1 Å². The molecule has 1 aromatic rings. The van der Waals surface area contributed by atoms with Gasteiger partial charge in [-0.15, -0.1) is 0 Å². The first kappa shape index (κ1) is 19.8. The SMILES string of the molecule is CC(C)(C)OC(=O)N[C@H](COCc1cc(F)c(F)cc1F)C(=O)O. The highest BCUT2D eigenvalue weighted by atomic mass is 19.2. The van der Waals surface area contributed by atoms with Crippen molar-refractivity contribution in [2.24, 2.45) is 0 Å². The van der Waals surface area contributed by atoms with Crippen LogP contribution in [-0.2, 0) is 20.9 Å². The van der Waals surface area contributed by atoms with Crippen LogP contribution in [0.25, 0.3) is 0 Å². The molecule has 0 heterocycles. The first-order valence-electron chi connectivity index (χ1n) is 6.93. The monoisotopic (exact) mass is 349 g/mol. The Labute approximate surface area is 136 Å². The van der Waals surface area contributed by atoms with E-state index < -0.39 is 54.4 Å². The molecule has 1 amide bonds. The van der Waals surface area contributed by atoms with Gasteiger partial charge in [0.2, 0.25) is 0 Å². The summed E-state index contributed by atoms with van der Waals surface area (Å²) < 4.78 is 49.1. The lowest BCUT2D eigenvalue weighted by Gasteiger charge is -2.22. The molecule has 0 radical (unpaired) electrons. The van der Waals surface area contributed by atoms with Crippen molar-refractivity contribution in [1.82, 2.24) is 5.32 Å². The van der Waals surface area contributed by atoms with Crippen molar-refractivity contribution in [3.63, 3.8) is 0 Å². The Balaban J connectivity index is 2.60. The number of nitrogens with one attached hydrogen (secondary N) is 1. The number of benzene rings is 1. The van der Waals surface area contributed by atoms with Crippen molar-refractivity contribution >= 4 is 12.1 Å². The third kappa shape index (κ3) is 6.45. The Bertz CT molecular complexity index is 616. The summed E-state index contributed by atoms with van der Waals surface area (Å²) in [7, 11) is 0. The van der Waals surface area contributed by atoms with Gasteiger partial charge in [-0.1, -0.05) is 0 Å². The Kier molecular flexibility index (Phi) is 6.59. The highest BCUT2D eigenvalue weighted by Crippen LogP contribution is 2.14. The van der Waals surface area contributed by atoms with Crippen LogP contribution in [0, 0.1) is 17.5 Å². The number of carbonyl (C=O) groups is 2. The van der Waals surface area contributed by atoms with Crippen LogP contribution in [0.5, 0.6) is 0 Å². The lowest BCUT2D eigenvalue weighted by molar-refractivity contribution is -0.141. The second kappa shape index (κ2) is 8.00. The number of ether oxygens (including phenoxy) is 2. The summed E-state index contributed by atoms with van der Waals surface area (Å²) in [6.07, 6.45) is -0.961. The second-order valence-corrected chi connectivity index (χ2v) is 5.91. The molecule has 0 bridgehead atoms. The van der Waals surface area contributed by atoms with Gasteiger partial charge >= 0.3 is 12.1 Å². The molecule has 0 saturated heterocycles. The van der Waals surface area contributed by atoms with Crippen molar-refractivity contribution in [1.29, 1.82) is 0 Å². The van der Waals surface area contributed by atoms with Gasteiger partial charge in [-0.3, -0.25) is 0 Å². The first-order chi connectivity index (χ1) is 11.0. The Morgan fingerprint density at radius 2 is 1.75 bits per heavy atom. The maximum atomic E-state index is 13.4. The molecule has 0 aliphatic rings. The molecule has 0 spiro atoms. The average Bonchev–Trinajstić information content (AvgIpc) is 2.41. The molecule has 0 aromatic heterocycles. The summed E-state index contributed by atoms with van der Waals surface area (Å²) in [6.45, 7) is 3.79. The van der Waals surface area contributed by atoms with E-state index in [4.69, 9.17) is 14.6 Å². The van der Waals surface area contributed by atoms with E-state index in [1.807, 2.05) is 0 Å². The number of rotatable bonds is 6. The molecule has 1 atom stereocenters. The summed E-state index contributed by atoms with van der Waals surface area (Å²) in [5.74, 6) is -5.02. The van der Waals surface area contributed by atoms with E-state index in [2.05, 4.69) is 5.32 Å². The van der Waals surface area contributed by atoms with Gasteiger partial charge in [-0.2, -0.15) is 0 Å². The standard InChI is InChI=1S/C15H18F3NO5/c1-15(2,3)24-14(22)19-12(13(20)21)7-23-6-8-4-10(17)11(18)5-9(8)16/h4-5,12H,6-7H2,1-3H3,(H,19,22)(H,20,21)/t12-/m1/s1. The number of aliphatic carboxylic acids is 1. The zero-order chi connectivity index (χ0) is 18.5. The zero-order valence-electron chi connectivity index (χ0n) is 13.4. The molecular formula is C15H18F3NO5. The summed E-state index contributed by atoms with van der Waals surface area (Å²) >= 11 is 0. The quantitative estimate of drug-likeness (QED) is 0.771. The summed E-state index contributed by atoms with van der Waals surface area (Å²) in [5.41, 5.74) is -1.10. The van der Waals surface area contributed by atoms with E-state index >= 15 is 0 Å². The Morgan fingerprint density at radius 1 is 1.17 bits per heavy atom. The van der Waals surface area contributed by atoms with Gasteiger partial charge < -0.3 is 19.9 Å². The minimum absolute atomic E-state index is 0.282. The van der Waals surface area contributed by atoms with Crippen molar-refractivity contribution < 1.29 is 37.3 Å². The number of halogens is 3. The van der Waals surface area contributed by atoms with Crippen LogP contribution in [0.3, 0.4) is 0 Å². The normalized spacial score (nSPS) is 12.6. The molecule has 1 aromatic carbocycles. The predicted octanol–water partition coefficient (Wildman–Crippen LogP) is 2.60. The highest BCUT2D eigenvalue weighted by Gasteiger charge is 2.24. The number of carboxylic acids is 1. The number of carbonyl (C=O) groups excluding carboxylic acids is 1. The van der Waals surface area contributed by atoms with Gasteiger partial charge in [0, 0.05) is 11.6 Å². The largest absolute Gasteiger partial charge is 0.480 e. The van der Waals surface area contributed by atoms with Crippen LogP contribution in [0.1, 0.15) is 26.3 Å². The third-order valence-electron chi connectivity index (χ3n) is 2.62. The van der Waals surface area contributed by atoms with Crippen LogP contribution in [0.2, 0.25) is 0 Å². The Hall–Kier alpha value is -2.29. The van der Waals surface area contributed by atoms with E-state index in [1.165, 1.54) is 0 Å². The molecule has 134 valence electrons. The van der Waals surface area contributed by atoms with Gasteiger partial charge in [0.05, 0.1) is 13.2 Å². The molecule has 2 N–H and O–H groups in total. The second-order valence-electron chi connectivity index (χ2n) is 5.91. The number of alkyl carbamates (subject to hydrolysis) is 1. The van der Waals surface area contributed by atoms with E-state index in [0.717, 1.165) is 0 Å². The summed E-state index contributed by atoms with van der Waals surface area (Å²) in [4.78, 5) is 22.6. The minimum Gasteiger partial charge on any atom is -0.480 e. The molecule has 1 rings (SSSR count). The highest BCUT2D eigenvalue weighted by molar-refractivity contribution is 5.80. The van der Waals surface area contributed by atoms with Crippen LogP contribution < -0.4 is 5.32 Å². The van der Waals surface area contributed by atoms with Crippen molar-refractivity contribution in [2.45, 2.75) is 39.0 Å².